The van der Waals surface area contributed by atoms with Crippen molar-refractivity contribution in [1.29, 1.82) is 0 Å². The second-order valence-corrected chi connectivity index (χ2v) is 7.69. The number of hydrogen-bond acceptors (Lipinski definition) is 7. The van der Waals surface area contributed by atoms with Crippen molar-refractivity contribution in [2.45, 2.75) is 51.0 Å². The molecule has 2 fully saturated rings. The molecule has 2 saturated heterocycles. The minimum Gasteiger partial charge on any atom is -0.346 e. The number of fused-ring (bicyclic) bond motifs is 1. The third-order valence-corrected chi connectivity index (χ3v) is 5.39. The number of aromatic nitrogens is 2. The molecule has 134 valence electrons. The van der Waals surface area contributed by atoms with Gasteiger partial charge in [-0.15, -0.1) is 0 Å². The number of ether oxygens (including phenoxy) is 1. The standard InChI is InChI=1S/C13H18FN2O7P/c1-7(2)22-24(19)20-6-8-10(23-24)13(3,14)11(21-8)16-5-4-9(17)15-12(16)18/h4-5,7-8,10-11H,6H2,1-3H3,(H,15,17,18)/t8-,10?,11-,13?,24?/m1/s1. The molecular weight excluding hydrogens is 346 g/mol. The molecule has 2 aliphatic rings. The van der Waals surface area contributed by atoms with Crippen LogP contribution < -0.4 is 11.2 Å². The molecule has 3 heterocycles. The molecule has 0 aromatic carbocycles. The van der Waals surface area contributed by atoms with E-state index in [0.717, 1.165) is 16.8 Å². The van der Waals surface area contributed by atoms with Crippen molar-refractivity contribution in [2.24, 2.45) is 0 Å². The first kappa shape index (κ1) is 17.5. The van der Waals surface area contributed by atoms with Gasteiger partial charge in [-0.3, -0.25) is 27.9 Å². The molecule has 0 bridgehead atoms. The number of nitrogens with zero attached hydrogens (tertiary/aromatic N) is 1. The van der Waals surface area contributed by atoms with Crippen molar-refractivity contribution >= 4 is 7.82 Å². The van der Waals surface area contributed by atoms with E-state index >= 15 is 4.39 Å². The van der Waals surface area contributed by atoms with E-state index in [4.69, 9.17) is 18.3 Å². The average molecular weight is 364 g/mol. The van der Waals surface area contributed by atoms with Crippen LogP contribution in [0.4, 0.5) is 4.39 Å². The van der Waals surface area contributed by atoms with E-state index in [1.165, 1.54) is 6.92 Å². The number of rotatable bonds is 3. The SMILES string of the molecule is CC(C)OP1(=O)OC[C@H]2O[C@@H](n3ccc(=O)[nH]c3=O)C(C)(F)C2O1. The Bertz CT molecular complexity index is 789. The quantitative estimate of drug-likeness (QED) is 0.800. The maximum atomic E-state index is 15.3. The van der Waals surface area contributed by atoms with Crippen molar-refractivity contribution in [1.82, 2.24) is 9.55 Å². The zero-order valence-electron chi connectivity index (χ0n) is 13.3. The molecule has 0 saturated carbocycles. The Morgan fingerprint density at radius 3 is 2.83 bits per heavy atom. The van der Waals surface area contributed by atoms with Gasteiger partial charge in [0.25, 0.3) is 5.56 Å². The third-order valence-electron chi connectivity index (χ3n) is 3.76. The lowest BCUT2D eigenvalue weighted by Gasteiger charge is -2.34. The number of alkyl halides is 1. The van der Waals surface area contributed by atoms with Crippen LogP contribution in [0.1, 0.15) is 27.0 Å². The summed E-state index contributed by atoms with van der Waals surface area (Å²) >= 11 is 0. The van der Waals surface area contributed by atoms with Gasteiger partial charge in [-0.2, -0.15) is 0 Å². The van der Waals surface area contributed by atoms with Gasteiger partial charge in [-0.1, -0.05) is 0 Å². The number of halogens is 1. The van der Waals surface area contributed by atoms with Crippen LogP contribution >= 0.6 is 7.82 Å². The predicted octanol–water partition coefficient (Wildman–Crippen LogP) is 1.11. The molecule has 5 atom stereocenters. The molecular formula is C13H18FN2O7P. The van der Waals surface area contributed by atoms with Gasteiger partial charge in [0.1, 0.15) is 12.2 Å². The number of hydrogen-bond donors (Lipinski definition) is 1. The molecule has 11 heteroatoms. The zero-order valence-corrected chi connectivity index (χ0v) is 14.2. The fourth-order valence-corrected chi connectivity index (χ4v) is 4.41. The molecule has 0 aliphatic carbocycles. The van der Waals surface area contributed by atoms with Gasteiger partial charge >= 0.3 is 13.5 Å². The lowest BCUT2D eigenvalue weighted by atomic mass is 9.98. The molecule has 0 radical (unpaired) electrons. The Hall–Kier alpha value is -1.32. The van der Waals surface area contributed by atoms with Crippen molar-refractivity contribution in [3.8, 4) is 0 Å². The van der Waals surface area contributed by atoms with Crippen LogP contribution in [-0.4, -0.2) is 40.1 Å². The molecule has 24 heavy (non-hydrogen) atoms. The Kier molecular flexibility index (Phi) is 4.29. The molecule has 1 aromatic rings. The lowest BCUT2D eigenvalue weighted by molar-refractivity contribution is -0.0749. The van der Waals surface area contributed by atoms with Crippen molar-refractivity contribution < 1.29 is 27.3 Å². The van der Waals surface area contributed by atoms with Crippen LogP contribution in [0.15, 0.2) is 21.9 Å². The van der Waals surface area contributed by atoms with Crippen molar-refractivity contribution in [3.05, 3.63) is 33.1 Å². The van der Waals surface area contributed by atoms with E-state index in [0.29, 0.717) is 0 Å². The van der Waals surface area contributed by atoms with E-state index in [1.54, 1.807) is 13.8 Å². The van der Waals surface area contributed by atoms with Crippen LogP contribution in [0.3, 0.4) is 0 Å². The Morgan fingerprint density at radius 1 is 1.50 bits per heavy atom. The lowest BCUT2D eigenvalue weighted by Crippen LogP contribution is -2.46. The highest BCUT2D eigenvalue weighted by Gasteiger charge is 2.61. The van der Waals surface area contributed by atoms with Gasteiger partial charge in [0, 0.05) is 12.3 Å². The normalized spacial score (nSPS) is 39.1. The van der Waals surface area contributed by atoms with Gasteiger partial charge in [0.2, 0.25) is 0 Å². The maximum absolute atomic E-state index is 15.3. The smallest absolute Gasteiger partial charge is 0.346 e. The number of H-pyrrole nitrogens is 1. The highest BCUT2D eigenvalue weighted by atomic mass is 31.2. The summed E-state index contributed by atoms with van der Waals surface area (Å²) in [7, 11) is -3.92. The fraction of sp³-hybridized carbons (Fsp3) is 0.692. The summed E-state index contributed by atoms with van der Waals surface area (Å²) in [6.45, 7) is 4.25. The molecule has 9 nitrogen and oxygen atoms in total. The highest BCUT2D eigenvalue weighted by Crippen LogP contribution is 2.59. The monoisotopic (exact) mass is 364 g/mol. The summed E-state index contributed by atoms with van der Waals surface area (Å²) in [5.74, 6) is 0. The summed E-state index contributed by atoms with van der Waals surface area (Å²) in [5.41, 5.74) is -3.63. The topological polar surface area (TPSA) is 109 Å². The third kappa shape index (κ3) is 3.00. The predicted molar refractivity (Wildman–Crippen MR) is 79.4 cm³/mol. The first-order chi connectivity index (χ1) is 11.1. The molecule has 1 aromatic heterocycles. The van der Waals surface area contributed by atoms with E-state index in [1.807, 2.05) is 4.98 Å². The number of phosphoric acid groups is 1. The second-order valence-electron chi connectivity index (χ2n) is 6.12. The van der Waals surface area contributed by atoms with Gasteiger partial charge in [0.15, 0.2) is 11.9 Å². The van der Waals surface area contributed by atoms with Crippen molar-refractivity contribution in [2.75, 3.05) is 6.61 Å². The molecule has 0 spiro atoms. The summed E-state index contributed by atoms with van der Waals surface area (Å²) in [4.78, 5) is 25.1. The van der Waals surface area contributed by atoms with E-state index in [-0.39, 0.29) is 6.61 Å². The molecule has 3 unspecified atom stereocenters. The van der Waals surface area contributed by atoms with Crippen LogP contribution in [0.2, 0.25) is 0 Å². The Labute approximate surface area is 136 Å². The van der Waals surface area contributed by atoms with Crippen LogP contribution in [-0.2, 0) is 22.9 Å². The number of phosphoric ester groups is 1. The highest BCUT2D eigenvalue weighted by molar-refractivity contribution is 7.48. The number of aromatic amines is 1. The summed E-state index contributed by atoms with van der Waals surface area (Å²) in [6.07, 6.45) is -2.81. The minimum atomic E-state index is -3.92. The van der Waals surface area contributed by atoms with Crippen LogP contribution in [0.5, 0.6) is 0 Å². The molecule has 3 rings (SSSR count). The van der Waals surface area contributed by atoms with Gasteiger partial charge in [-0.25, -0.2) is 13.8 Å². The van der Waals surface area contributed by atoms with Gasteiger partial charge < -0.3 is 4.74 Å². The average Bonchev–Trinajstić information content (AvgIpc) is 2.69. The summed E-state index contributed by atoms with van der Waals surface area (Å²) in [5, 5.41) is 0. The van der Waals surface area contributed by atoms with Gasteiger partial charge in [-0.05, 0) is 20.8 Å². The van der Waals surface area contributed by atoms with E-state index in [2.05, 4.69) is 0 Å². The molecule has 1 N–H and O–H groups in total. The summed E-state index contributed by atoms with van der Waals surface area (Å²) in [6, 6.07) is 1.08. The van der Waals surface area contributed by atoms with Crippen LogP contribution in [0, 0.1) is 0 Å². The Morgan fingerprint density at radius 2 is 2.21 bits per heavy atom. The second kappa shape index (κ2) is 5.89. The van der Waals surface area contributed by atoms with Crippen molar-refractivity contribution in [3.63, 3.8) is 0 Å². The molecule has 2 aliphatic heterocycles. The minimum absolute atomic E-state index is 0.206. The van der Waals surface area contributed by atoms with E-state index in [9.17, 15) is 14.2 Å². The fourth-order valence-electron chi connectivity index (χ4n) is 2.77. The van der Waals surface area contributed by atoms with Crippen LogP contribution in [0.25, 0.3) is 0 Å². The first-order valence-corrected chi connectivity index (χ1v) is 8.86. The zero-order chi connectivity index (χ0) is 17.7. The summed E-state index contributed by atoms with van der Waals surface area (Å²) < 4.78 is 49.7. The molecule has 0 amide bonds. The van der Waals surface area contributed by atoms with E-state index < -0.39 is 49.3 Å². The maximum Gasteiger partial charge on any atom is 0.475 e. The van der Waals surface area contributed by atoms with Gasteiger partial charge in [0.05, 0.1) is 12.7 Å². The first-order valence-electron chi connectivity index (χ1n) is 7.39. The Balaban J connectivity index is 1.91. The largest absolute Gasteiger partial charge is 0.475 e. The number of nitrogens with one attached hydrogen (secondary N) is 1.